The maximum absolute atomic E-state index is 12.2. The van der Waals surface area contributed by atoms with Gasteiger partial charge in [-0.15, -0.1) is 0 Å². The Kier molecular flexibility index (Phi) is 20.2. The Labute approximate surface area is 176 Å². The van der Waals surface area contributed by atoms with Crippen LogP contribution in [0.5, 0.6) is 0 Å². The van der Waals surface area contributed by atoms with Crippen LogP contribution in [0.2, 0.25) is 0 Å². The number of nitrogens with zero attached hydrogens (tertiary/aromatic N) is 1. The number of hydrogen-bond acceptors (Lipinski definition) is 5. The molecule has 0 unspecified atom stereocenters. The molecule has 0 aliphatic rings. The summed E-state index contributed by atoms with van der Waals surface area (Å²) in [6.07, 6.45) is 14.2. The van der Waals surface area contributed by atoms with Crippen molar-refractivity contribution in [2.24, 2.45) is 0 Å². The first-order valence-electron chi connectivity index (χ1n) is 11.1. The molecule has 0 aromatic carbocycles. The maximum atomic E-state index is 12.2. The molecule has 0 aliphatic heterocycles. The van der Waals surface area contributed by atoms with Gasteiger partial charge in [0.15, 0.2) is 0 Å². The highest BCUT2D eigenvalue weighted by Gasteiger charge is 2.10. The second-order valence-electron chi connectivity index (χ2n) is 7.13. The summed E-state index contributed by atoms with van der Waals surface area (Å²) in [4.78, 5) is 24.5. The second-order valence-corrected chi connectivity index (χ2v) is 7.13. The van der Waals surface area contributed by atoms with Crippen molar-refractivity contribution in [3.8, 4) is 0 Å². The van der Waals surface area contributed by atoms with Crippen LogP contribution in [-0.4, -0.2) is 73.1 Å². The van der Waals surface area contributed by atoms with Gasteiger partial charge >= 0.3 is 5.97 Å². The lowest BCUT2D eigenvalue weighted by molar-refractivity contribution is -0.132. The van der Waals surface area contributed by atoms with Crippen LogP contribution >= 0.6 is 0 Å². The normalized spacial score (nSPS) is 11.2. The van der Waals surface area contributed by atoms with Crippen LogP contribution in [0, 0.1) is 0 Å². The molecule has 7 nitrogen and oxygen atoms in total. The molecule has 0 rings (SSSR count). The van der Waals surface area contributed by atoms with Crippen LogP contribution < -0.4 is 0 Å². The zero-order chi connectivity index (χ0) is 21.6. The van der Waals surface area contributed by atoms with Crippen molar-refractivity contribution in [2.45, 2.75) is 71.1 Å². The number of unbranched alkanes of at least 4 members (excludes halogenated alkanes) is 9. The minimum atomic E-state index is -1.13. The Hall–Kier alpha value is -1.44. The number of aliphatic carboxylic acids is 1. The van der Waals surface area contributed by atoms with E-state index < -0.39 is 5.97 Å². The molecule has 0 atom stereocenters. The molecule has 0 spiro atoms. The first kappa shape index (κ1) is 27.6. The van der Waals surface area contributed by atoms with Crippen LogP contribution in [-0.2, 0) is 19.1 Å². The number of carboxylic acid groups (broad SMARTS) is 1. The molecule has 0 saturated carbocycles. The van der Waals surface area contributed by atoms with Crippen LogP contribution in [0.4, 0.5) is 0 Å². The summed E-state index contributed by atoms with van der Waals surface area (Å²) in [6, 6.07) is 0. The zero-order valence-electron chi connectivity index (χ0n) is 18.2. The van der Waals surface area contributed by atoms with E-state index in [4.69, 9.17) is 19.7 Å². The topological polar surface area (TPSA) is 96.3 Å². The van der Waals surface area contributed by atoms with Gasteiger partial charge in [0.2, 0.25) is 5.91 Å². The van der Waals surface area contributed by atoms with Gasteiger partial charge < -0.3 is 24.6 Å². The summed E-state index contributed by atoms with van der Waals surface area (Å²) >= 11 is 0. The van der Waals surface area contributed by atoms with Gasteiger partial charge in [0.1, 0.15) is 0 Å². The van der Waals surface area contributed by atoms with Crippen molar-refractivity contribution < 1.29 is 29.3 Å². The zero-order valence-corrected chi connectivity index (χ0v) is 18.2. The summed E-state index contributed by atoms with van der Waals surface area (Å²) in [5.74, 6) is -1.43. The molecular weight excluding hydrogens is 374 g/mol. The molecule has 170 valence electrons. The quantitative estimate of drug-likeness (QED) is 0.220. The average Bonchev–Trinajstić information content (AvgIpc) is 2.71. The van der Waals surface area contributed by atoms with Crippen molar-refractivity contribution in [3.63, 3.8) is 0 Å². The van der Waals surface area contributed by atoms with Crippen LogP contribution in [0.15, 0.2) is 12.2 Å². The van der Waals surface area contributed by atoms with Crippen molar-refractivity contribution in [3.05, 3.63) is 12.2 Å². The van der Waals surface area contributed by atoms with E-state index in [0.29, 0.717) is 32.9 Å². The molecule has 0 radical (unpaired) electrons. The van der Waals surface area contributed by atoms with E-state index in [9.17, 15) is 9.59 Å². The Morgan fingerprint density at radius 2 is 1.31 bits per heavy atom. The van der Waals surface area contributed by atoms with E-state index in [-0.39, 0.29) is 19.1 Å². The average molecular weight is 416 g/mol. The molecule has 1 amide bonds. The molecule has 0 bridgehead atoms. The summed E-state index contributed by atoms with van der Waals surface area (Å²) < 4.78 is 10.6. The molecular formula is C22H41NO6. The first-order valence-corrected chi connectivity index (χ1v) is 11.1. The summed E-state index contributed by atoms with van der Waals surface area (Å²) in [7, 11) is 0. The molecule has 7 heteroatoms. The SMILES string of the molecule is CCCCCCCCCCCCN(CCOCCOCCO)C(=O)/C=C\C(=O)O. The van der Waals surface area contributed by atoms with Crippen molar-refractivity contribution >= 4 is 11.9 Å². The van der Waals surface area contributed by atoms with Gasteiger partial charge in [-0.2, -0.15) is 0 Å². The standard InChI is InChI=1S/C22H41NO6/c1-2-3-4-5-6-7-8-9-10-11-14-23(21(25)12-13-22(26)27)15-17-28-19-20-29-18-16-24/h12-13,24H,2-11,14-20H2,1H3,(H,26,27)/b13-12-. The largest absolute Gasteiger partial charge is 0.478 e. The van der Waals surface area contributed by atoms with Crippen molar-refractivity contribution in [1.29, 1.82) is 0 Å². The van der Waals surface area contributed by atoms with Crippen molar-refractivity contribution in [2.75, 3.05) is 46.1 Å². The highest BCUT2D eigenvalue weighted by molar-refractivity contribution is 5.93. The Morgan fingerprint density at radius 3 is 1.86 bits per heavy atom. The number of aliphatic hydroxyl groups excluding tert-OH is 1. The number of carbonyl (C=O) groups excluding carboxylic acids is 1. The van der Waals surface area contributed by atoms with E-state index in [1.165, 1.54) is 51.4 Å². The van der Waals surface area contributed by atoms with Crippen LogP contribution in [0.1, 0.15) is 71.1 Å². The number of amides is 1. The fourth-order valence-electron chi connectivity index (χ4n) is 2.93. The predicted octanol–water partition coefficient (Wildman–Crippen LogP) is 3.40. The van der Waals surface area contributed by atoms with Gasteiger partial charge in [0.25, 0.3) is 0 Å². The fourth-order valence-corrected chi connectivity index (χ4v) is 2.93. The van der Waals surface area contributed by atoms with E-state index in [1.54, 1.807) is 4.90 Å². The second kappa shape index (κ2) is 21.3. The third kappa shape index (κ3) is 19.6. The van der Waals surface area contributed by atoms with E-state index >= 15 is 0 Å². The first-order chi connectivity index (χ1) is 14.1. The molecule has 0 saturated heterocycles. The Balaban J connectivity index is 4.00. The lowest BCUT2D eigenvalue weighted by atomic mass is 10.1. The molecule has 0 aromatic rings. The predicted molar refractivity (Wildman–Crippen MR) is 114 cm³/mol. The lowest BCUT2D eigenvalue weighted by Crippen LogP contribution is -2.34. The Morgan fingerprint density at radius 1 is 0.759 bits per heavy atom. The Bertz CT molecular complexity index is 428. The third-order valence-electron chi connectivity index (χ3n) is 4.57. The highest BCUT2D eigenvalue weighted by Crippen LogP contribution is 2.11. The maximum Gasteiger partial charge on any atom is 0.328 e. The number of aliphatic hydroxyl groups is 1. The lowest BCUT2D eigenvalue weighted by Gasteiger charge is -2.21. The number of hydrogen-bond donors (Lipinski definition) is 2. The monoisotopic (exact) mass is 415 g/mol. The minimum absolute atomic E-state index is 0.0168. The minimum Gasteiger partial charge on any atom is -0.478 e. The molecule has 0 heterocycles. The highest BCUT2D eigenvalue weighted by atomic mass is 16.5. The van der Waals surface area contributed by atoms with Gasteiger partial charge in [-0.25, -0.2) is 4.79 Å². The van der Waals surface area contributed by atoms with Gasteiger partial charge in [-0.05, 0) is 6.42 Å². The third-order valence-corrected chi connectivity index (χ3v) is 4.57. The molecule has 0 fully saturated rings. The van der Waals surface area contributed by atoms with Gasteiger partial charge in [-0.1, -0.05) is 64.7 Å². The summed E-state index contributed by atoms with van der Waals surface area (Å²) in [6.45, 7) is 4.67. The molecule has 2 N–H and O–H groups in total. The van der Waals surface area contributed by atoms with E-state index in [2.05, 4.69) is 6.92 Å². The smallest absolute Gasteiger partial charge is 0.328 e. The number of carboxylic acids is 1. The van der Waals surface area contributed by atoms with Gasteiger partial charge in [0, 0.05) is 25.2 Å². The number of ether oxygens (including phenoxy) is 2. The fraction of sp³-hybridized carbons (Fsp3) is 0.818. The summed E-state index contributed by atoms with van der Waals surface area (Å²) in [5, 5.41) is 17.3. The molecule has 0 aromatic heterocycles. The van der Waals surface area contributed by atoms with Crippen LogP contribution in [0.25, 0.3) is 0 Å². The number of rotatable bonds is 21. The van der Waals surface area contributed by atoms with E-state index in [0.717, 1.165) is 25.0 Å². The van der Waals surface area contributed by atoms with E-state index in [1.807, 2.05) is 0 Å². The molecule has 29 heavy (non-hydrogen) atoms. The van der Waals surface area contributed by atoms with Gasteiger partial charge in [0.05, 0.1) is 33.0 Å². The van der Waals surface area contributed by atoms with Crippen molar-refractivity contribution in [1.82, 2.24) is 4.90 Å². The van der Waals surface area contributed by atoms with Crippen LogP contribution in [0.3, 0.4) is 0 Å². The van der Waals surface area contributed by atoms with Gasteiger partial charge in [-0.3, -0.25) is 4.79 Å². The molecule has 0 aliphatic carbocycles. The number of carbonyl (C=O) groups is 2. The summed E-state index contributed by atoms with van der Waals surface area (Å²) in [5.41, 5.74) is 0.